The van der Waals surface area contributed by atoms with Gasteiger partial charge in [-0.05, 0) is 19.1 Å². The molecular formula is C12H16O4. The third-order valence-electron chi connectivity index (χ3n) is 2.55. The second-order valence-corrected chi connectivity index (χ2v) is 3.74. The Kier molecular flexibility index (Phi) is 3.19. The summed E-state index contributed by atoms with van der Waals surface area (Å²) in [5.41, 5.74) is 0.715. The molecule has 0 aliphatic carbocycles. The Balaban J connectivity index is 2.49. The number of ether oxygens (including phenoxy) is 3. The van der Waals surface area contributed by atoms with Crippen LogP contribution in [0, 0.1) is 0 Å². The van der Waals surface area contributed by atoms with E-state index in [2.05, 4.69) is 0 Å². The summed E-state index contributed by atoms with van der Waals surface area (Å²) in [5, 5.41) is 9.63. The van der Waals surface area contributed by atoms with Crippen LogP contribution in [0.4, 0.5) is 0 Å². The minimum absolute atomic E-state index is 0.564. The molecule has 1 aliphatic heterocycles. The van der Waals surface area contributed by atoms with E-state index in [1.54, 1.807) is 20.1 Å². The largest absolute Gasteiger partial charge is 0.492 e. The molecule has 1 atom stereocenters. The van der Waals surface area contributed by atoms with Gasteiger partial charge in [-0.2, -0.15) is 0 Å². The van der Waals surface area contributed by atoms with Gasteiger partial charge in [0.1, 0.15) is 0 Å². The fourth-order valence-corrected chi connectivity index (χ4v) is 1.76. The van der Waals surface area contributed by atoms with Crippen molar-refractivity contribution in [1.82, 2.24) is 0 Å². The number of fused-ring (bicyclic) bond motifs is 1. The van der Waals surface area contributed by atoms with Crippen molar-refractivity contribution in [2.75, 3.05) is 20.3 Å². The van der Waals surface area contributed by atoms with Crippen LogP contribution in [0.5, 0.6) is 17.2 Å². The first kappa shape index (κ1) is 11.1. The van der Waals surface area contributed by atoms with Crippen molar-refractivity contribution in [2.24, 2.45) is 0 Å². The van der Waals surface area contributed by atoms with Gasteiger partial charge < -0.3 is 19.3 Å². The highest BCUT2D eigenvalue weighted by Gasteiger charge is 2.20. The maximum Gasteiger partial charge on any atom is 0.203 e. The fraction of sp³-hybridized carbons (Fsp3) is 0.500. The molecule has 0 amide bonds. The van der Waals surface area contributed by atoms with Gasteiger partial charge in [0.25, 0.3) is 0 Å². The van der Waals surface area contributed by atoms with E-state index in [9.17, 15) is 5.11 Å². The van der Waals surface area contributed by atoms with Crippen LogP contribution in [0.1, 0.15) is 25.0 Å². The quantitative estimate of drug-likeness (QED) is 0.833. The lowest BCUT2D eigenvalue weighted by atomic mass is 10.1. The molecule has 1 unspecified atom stereocenters. The number of aliphatic hydroxyl groups is 1. The summed E-state index contributed by atoms with van der Waals surface area (Å²) in [6.45, 7) is 2.94. The van der Waals surface area contributed by atoms with Gasteiger partial charge in [0.15, 0.2) is 11.5 Å². The lowest BCUT2D eigenvalue weighted by molar-refractivity contribution is 0.192. The monoisotopic (exact) mass is 224 g/mol. The Bertz CT molecular complexity index is 374. The van der Waals surface area contributed by atoms with E-state index in [0.717, 1.165) is 6.42 Å². The molecule has 0 bridgehead atoms. The first-order valence-electron chi connectivity index (χ1n) is 5.38. The van der Waals surface area contributed by atoms with Gasteiger partial charge in [-0.25, -0.2) is 0 Å². The van der Waals surface area contributed by atoms with E-state index in [-0.39, 0.29) is 0 Å². The standard InChI is InChI=1S/C12H16O4/c1-8(13)9-4-5-10-12(11(9)14-2)16-7-3-6-15-10/h4-5,8,13H,3,6-7H2,1-2H3. The number of rotatable bonds is 2. The van der Waals surface area contributed by atoms with Gasteiger partial charge in [0.05, 0.1) is 26.4 Å². The number of methoxy groups -OCH3 is 1. The summed E-state index contributed by atoms with van der Waals surface area (Å²) < 4.78 is 16.4. The highest BCUT2D eigenvalue weighted by atomic mass is 16.5. The maximum atomic E-state index is 9.63. The highest BCUT2D eigenvalue weighted by Crippen LogP contribution is 2.43. The third kappa shape index (κ3) is 1.93. The number of hydrogen-bond acceptors (Lipinski definition) is 4. The molecule has 1 N–H and O–H groups in total. The van der Waals surface area contributed by atoms with E-state index >= 15 is 0 Å². The molecule has 1 aromatic rings. The lowest BCUT2D eigenvalue weighted by Gasteiger charge is -2.16. The Hall–Kier alpha value is -1.42. The second kappa shape index (κ2) is 4.61. The van der Waals surface area contributed by atoms with Gasteiger partial charge in [0, 0.05) is 12.0 Å². The van der Waals surface area contributed by atoms with Gasteiger partial charge in [-0.1, -0.05) is 0 Å². The van der Waals surface area contributed by atoms with Crippen molar-refractivity contribution in [3.05, 3.63) is 17.7 Å². The van der Waals surface area contributed by atoms with Crippen molar-refractivity contribution in [1.29, 1.82) is 0 Å². The van der Waals surface area contributed by atoms with Crippen LogP contribution < -0.4 is 14.2 Å². The molecule has 4 nitrogen and oxygen atoms in total. The minimum atomic E-state index is -0.591. The normalized spacial score (nSPS) is 16.4. The van der Waals surface area contributed by atoms with Crippen LogP contribution in [-0.4, -0.2) is 25.4 Å². The van der Waals surface area contributed by atoms with E-state index < -0.39 is 6.10 Å². The summed E-state index contributed by atoms with van der Waals surface area (Å²) in [6, 6.07) is 3.61. The summed E-state index contributed by atoms with van der Waals surface area (Å²) in [7, 11) is 1.57. The Morgan fingerprint density at radius 1 is 1.31 bits per heavy atom. The van der Waals surface area contributed by atoms with Crippen molar-refractivity contribution in [2.45, 2.75) is 19.4 Å². The van der Waals surface area contributed by atoms with Crippen molar-refractivity contribution >= 4 is 0 Å². The van der Waals surface area contributed by atoms with Gasteiger partial charge in [-0.15, -0.1) is 0 Å². The van der Waals surface area contributed by atoms with E-state index in [1.165, 1.54) is 0 Å². The predicted molar refractivity (Wildman–Crippen MR) is 59.2 cm³/mol. The Labute approximate surface area is 94.8 Å². The molecule has 1 heterocycles. The second-order valence-electron chi connectivity index (χ2n) is 3.74. The van der Waals surface area contributed by atoms with Gasteiger partial charge >= 0.3 is 0 Å². The number of aliphatic hydroxyl groups excluding tert-OH is 1. The average Bonchev–Trinajstić information content (AvgIpc) is 2.52. The summed E-state index contributed by atoms with van der Waals surface area (Å²) in [6.07, 6.45) is 0.258. The molecule has 16 heavy (non-hydrogen) atoms. The fourth-order valence-electron chi connectivity index (χ4n) is 1.76. The Morgan fingerprint density at radius 3 is 2.75 bits per heavy atom. The minimum Gasteiger partial charge on any atom is -0.492 e. The smallest absolute Gasteiger partial charge is 0.203 e. The predicted octanol–water partition coefficient (Wildman–Crippen LogP) is 1.91. The molecule has 4 heteroatoms. The Morgan fingerprint density at radius 2 is 2.06 bits per heavy atom. The van der Waals surface area contributed by atoms with Gasteiger partial charge in [-0.3, -0.25) is 0 Å². The summed E-state index contributed by atoms with van der Waals surface area (Å²) >= 11 is 0. The highest BCUT2D eigenvalue weighted by molar-refractivity contribution is 5.56. The molecule has 0 radical (unpaired) electrons. The molecule has 1 aliphatic rings. The van der Waals surface area contributed by atoms with E-state index in [0.29, 0.717) is 36.0 Å². The first-order valence-corrected chi connectivity index (χ1v) is 5.38. The molecule has 0 aromatic heterocycles. The molecule has 2 rings (SSSR count). The SMILES string of the molecule is COc1c(C(C)O)ccc2c1OCCCO2. The van der Waals surface area contributed by atoms with Crippen LogP contribution in [0.15, 0.2) is 12.1 Å². The zero-order valence-electron chi connectivity index (χ0n) is 9.53. The molecule has 1 aromatic carbocycles. The molecule has 88 valence electrons. The van der Waals surface area contributed by atoms with Crippen molar-refractivity contribution in [3.8, 4) is 17.2 Å². The van der Waals surface area contributed by atoms with Crippen LogP contribution in [0.25, 0.3) is 0 Å². The zero-order chi connectivity index (χ0) is 11.5. The summed E-state index contributed by atoms with van der Waals surface area (Å²) in [4.78, 5) is 0. The summed E-state index contributed by atoms with van der Waals surface area (Å²) in [5.74, 6) is 1.84. The van der Waals surface area contributed by atoms with Crippen LogP contribution in [0.2, 0.25) is 0 Å². The lowest BCUT2D eigenvalue weighted by Crippen LogP contribution is -2.01. The van der Waals surface area contributed by atoms with Gasteiger partial charge in [0.2, 0.25) is 5.75 Å². The van der Waals surface area contributed by atoms with E-state index in [4.69, 9.17) is 14.2 Å². The van der Waals surface area contributed by atoms with Crippen molar-refractivity contribution < 1.29 is 19.3 Å². The van der Waals surface area contributed by atoms with Crippen LogP contribution >= 0.6 is 0 Å². The average molecular weight is 224 g/mol. The topological polar surface area (TPSA) is 47.9 Å². The molecule has 0 fully saturated rings. The van der Waals surface area contributed by atoms with Crippen LogP contribution in [-0.2, 0) is 0 Å². The third-order valence-corrected chi connectivity index (χ3v) is 2.55. The maximum absolute atomic E-state index is 9.63. The van der Waals surface area contributed by atoms with E-state index in [1.807, 2.05) is 6.07 Å². The number of benzene rings is 1. The molecule has 0 saturated carbocycles. The van der Waals surface area contributed by atoms with Crippen molar-refractivity contribution in [3.63, 3.8) is 0 Å². The zero-order valence-corrected chi connectivity index (χ0v) is 9.53. The molecule has 0 spiro atoms. The van der Waals surface area contributed by atoms with Crippen LogP contribution in [0.3, 0.4) is 0 Å². The number of hydrogen-bond donors (Lipinski definition) is 1. The molecule has 0 saturated heterocycles. The first-order chi connectivity index (χ1) is 7.74. The molecular weight excluding hydrogens is 208 g/mol.